The van der Waals surface area contributed by atoms with E-state index in [1.54, 1.807) is 6.92 Å². The highest BCUT2D eigenvalue weighted by molar-refractivity contribution is 7.90. The number of hydrogen-bond donors (Lipinski definition) is 10. The quantitative estimate of drug-likeness (QED) is 0.0350. The summed E-state index contributed by atoms with van der Waals surface area (Å²) in [5, 5.41) is 43.2. The largest absolute Gasteiger partial charge is 0.481 e. The maximum atomic E-state index is 13.7. The standard InChI is InChI=1S/C35H57N7O16S/c1-8-9-20(29(50)35(56)36-16-26(48)49)38-31(52)23(14-15-59(7,57)58)40-33(54)27(17(2)3)42-34(55)28(18(4)5)41-32(53)22(11-13-25(46)47)39-30(51)21(37-19(6)43)10-12-24(44)45/h17-18,20-23,27-28H,8-16H2,1-7H3,(H,36,56)(H,37,43)(H,38,52)(H,39,51)(H,40,54)(H,41,53)(H,42,55)(H,44,45)(H,46,47)(H,48,49). The third kappa shape index (κ3) is 21.6. The molecule has 0 aromatic carbocycles. The molecule has 0 aromatic heterocycles. The fourth-order valence-electron chi connectivity index (χ4n) is 5.25. The number of hydrogen-bond acceptors (Lipinski definition) is 13. The molecule has 0 radical (unpaired) electrons. The van der Waals surface area contributed by atoms with Gasteiger partial charge < -0.3 is 52.5 Å². The summed E-state index contributed by atoms with van der Waals surface area (Å²) in [6, 6.07) is -9.02. The maximum absolute atomic E-state index is 13.7. The van der Waals surface area contributed by atoms with Gasteiger partial charge in [-0.1, -0.05) is 41.0 Å². The first-order valence-electron chi connectivity index (χ1n) is 18.6. The van der Waals surface area contributed by atoms with Crippen LogP contribution in [-0.4, -0.2) is 144 Å². The number of aliphatic carboxylic acids is 3. The number of rotatable bonds is 28. The number of Topliss-reactive ketones (excluding diaryl/α,β-unsaturated/α-hetero) is 1. The van der Waals surface area contributed by atoms with Crippen molar-refractivity contribution in [1.82, 2.24) is 37.2 Å². The van der Waals surface area contributed by atoms with Crippen molar-refractivity contribution in [2.24, 2.45) is 11.8 Å². The second-order valence-corrected chi connectivity index (χ2v) is 16.7. The second kappa shape index (κ2) is 25.6. The van der Waals surface area contributed by atoms with Crippen LogP contribution in [0, 0.1) is 11.8 Å². The van der Waals surface area contributed by atoms with Crippen molar-refractivity contribution in [2.75, 3.05) is 18.6 Å². The minimum atomic E-state index is -3.73. The summed E-state index contributed by atoms with van der Waals surface area (Å²) in [5.74, 6) is -14.4. The van der Waals surface area contributed by atoms with Crippen molar-refractivity contribution >= 4 is 74.9 Å². The van der Waals surface area contributed by atoms with E-state index < -0.39 is 161 Å². The SMILES string of the molecule is CCCC(NC(=O)C(CCS(C)(=O)=O)NC(=O)C(NC(=O)C(NC(=O)C(CCC(=O)O)NC(=O)C(CCC(=O)O)NC(C)=O)C(C)C)C(C)C)C(=O)C(=O)NCC(=O)O. The Morgan fingerprint density at radius 3 is 1.32 bits per heavy atom. The lowest BCUT2D eigenvalue weighted by atomic mass is 9.98. The molecule has 24 heteroatoms. The van der Waals surface area contributed by atoms with Gasteiger partial charge in [0.1, 0.15) is 46.6 Å². The molecule has 0 bridgehead atoms. The molecule has 0 aromatic rings. The number of ketones is 1. The molecule has 10 N–H and O–H groups in total. The van der Waals surface area contributed by atoms with Crippen LogP contribution >= 0.6 is 0 Å². The van der Waals surface area contributed by atoms with Crippen molar-refractivity contribution < 1.29 is 76.5 Å². The molecule has 0 aliphatic rings. The second-order valence-electron chi connectivity index (χ2n) is 14.4. The lowest BCUT2D eigenvalue weighted by Gasteiger charge is -2.30. The summed E-state index contributed by atoms with van der Waals surface area (Å²) in [5.41, 5.74) is 0. The van der Waals surface area contributed by atoms with Gasteiger partial charge in [-0.25, -0.2) is 8.42 Å². The first-order chi connectivity index (χ1) is 27.2. The highest BCUT2D eigenvalue weighted by atomic mass is 32.2. The van der Waals surface area contributed by atoms with Crippen molar-refractivity contribution in [1.29, 1.82) is 0 Å². The molecule has 23 nitrogen and oxygen atoms in total. The van der Waals surface area contributed by atoms with Crippen molar-refractivity contribution in [3.05, 3.63) is 0 Å². The third-order valence-electron chi connectivity index (χ3n) is 8.36. The zero-order valence-corrected chi connectivity index (χ0v) is 34.9. The van der Waals surface area contributed by atoms with Crippen LogP contribution in [0.1, 0.15) is 86.5 Å². The minimum Gasteiger partial charge on any atom is -0.481 e. The molecule has 334 valence electrons. The molecule has 6 atom stereocenters. The summed E-state index contributed by atoms with van der Waals surface area (Å²) in [4.78, 5) is 137. The van der Waals surface area contributed by atoms with Crippen LogP contribution in [0.5, 0.6) is 0 Å². The number of amides is 7. The Morgan fingerprint density at radius 1 is 0.525 bits per heavy atom. The van der Waals surface area contributed by atoms with E-state index in [0.29, 0.717) is 0 Å². The minimum absolute atomic E-state index is 0.0910. The lowest BCUT2D eigenvalue weighted by molar-refractivity contribution is -0.143. The average Bonchev–Trinajstić information content (AvgIpc) is 3.11. The smallest absolute Gasteiger partial charge is 0.322 e. The number of carboxylic acids is 3. The highest BCUT2D eigenvalue weighted by Gasteiger charge is 2.36. The summed E-state index contributed by atoms with van der Waals surface area (Å²) >= 11 is 0. The van der Waals surface area contributed by atoms with E-state index in [4.69, 9.17) is 10.2 Å². The van der Waals surface area contributed by atoms with Crippen LogP contribution < -0.4 is 37.2 Å². The van der Waals surface area contributed by atoms with Crippen LogP contribution in [0.2, 0.25) is 0 Å². The van der Waals surface area contributed by atoms with E-state index in [2.05, 4.69) is 31.9 Å². The van der Waals surface area contributed by atoms with Crippen LogP contribution in [0.3, 0.4) is 0 Å². The Balaban J connectivity index is 6.39. The zero-order valence-electron chi connectivity index (χ0n) is 34.0. The Hall–Kier alpha value is -5.68. The van der Waals surface area contributed by atoms with E-state index in [9.17, 15) is 66.3 Å². The predicted octanol–water partition coefficient (Wildman–Crippen LogP) is -3.04. The van der Waals surface area contributed by atoms with Gasteiger partial charge >= 0.3 is 17.9 Å². The van der Waals surface area contributed by atoms with Crippen LogP contribution in [0.4, 0.5) is 0 Å². The number of sulfone groups is 1. The van der Waals surface area contributed by atoms with Gasteiger partial charge in [0, 0.05) is 26.0 Å². The molecule has 0 spiro atoms. The van der Waals surface area contributed by atoms with E-state index in [-0.39, 0.29) is 19.3 Å². The van der Waals surface area contributed by atoms with Gasteiger partial charge in [-0.2, -0.15) is 0 Å². The van der Waals surface area contributed by atoms with Gasteiger partial charge in [-0.15, -0.1) is 0 Å². The molecule has 0 rings (SSSR count). The molecule has 6 unspecified atom stereocenters. The molecule has 0 fully saturated rings. The molecule has 0 aliphatic carbocycles. The third-order valence-corrected chi connectivity index (χ3v) is 9.34. The van der Waals surface area contributed by atoms with Crippen LogP contribution in [-0.2, 0) is 62.6 Å². The van der Waals surface area contributed by atoms with Crippen LogP contribution in [0.25, 0.3) is 0 Å². The molecule has 0 aliphatic heterocycles. The molecular weight excluding hydrogens is 806 g/mol. The molecular formula is C35H57N7O16S. The highest BCUT2D eigenvalue weighted by Crippen LogP contribution is 2.11. The van der Waals surface area contributed by atoms with Gasteiger partial charge in [0.05, 0.1) is 11.8 Å². The summed E-state index contributed by atoms with van der Waals surface area (Å²) < 4.78 is 24.1. The Kier molecular flexibility index (Phi) is 23.2. The topological polar surface area (TPSA) is 367 Å². The molecule has 7 amide bonds. The first-order valence-corrected chi connectivity index (χ1v) is 20.7. The van der Waals surface area contributed by atoms with Crippen molar-refractivity contribution in [2.45, 2.75) is 123 Å². The van der Waals surface area contributed by atoms with Gasteiger partial charge in [0.25, 0.3) is 5.91 Å². The molecule has 59 heavy (non-hydrogen) atoms. The normalized spacial score (nSPS) is 14.3. The Labute approximate surface area is 341 Å². The van der Waals surface area contributed by atoms with Crippen LogP contribution in [0.15, 0.2) is 0 Å². The Bertz CT molecular complexity index is 1680. The predicted molar refractivity (Wildman–Crippen MR) is 206 cm³/mol. The summed E-state index contributed by atoms with van der Waals surface area (Å²) in [6.07, 6.45) is -1.51. The van der Waals surface area contributed by atoms with Gasteiger partial charge in [0.2, 0.25) is 41.2 Å². The molecule has 0 saturated heterocycles. The fraction of sp³-hybridized carbons (Fsp3) is 0.686. The summed E-state index contributed by atoms with van der Waals surface area (Å²) in [6.45, 7) is 7.86. The van der Waals surface area contributed by atoms with E-state index in [0.717, 1.165) is 13.2 Å². The van der Waals surface area contributed by atoms with Crippen molar-refractivity contribution in [3.63, 3.8) is 0 Å². The van der Waals surface area contributed by atoms with E-state index in [1.807, 2.05) is 5.32 Å². The van der Waals surface area contributed by atoms with Gasteiger partial charge in [-0.3, -0.25) is 52.7 Å². The van der Waals surface area contributed by atoms with Crippen molar-refractivity contribution in [3.8, 4) is 0 Å². The number of nitrogens with one attached hydrogen (secondary N) is 7. The lowest BCUT2D eigenvalue weighted by Crippen LogP contribution is -2.61. The van der Waals surface area contributed by atoms with E-state index in [1.165, 1.54) is 27.7 Å². The molecule has 0 saturated carbocycles. The fourth-order valence-corrected chi connectivity index (χ4v) is 5.91. The maximum Gasteiger partial charge on any atom is 0.322 e. The monoisotopic (exact) mass is 863 g/mol. The Morgan fingerprint density at radius 2 is 0.915 bits per heavy atom. The molecule has 0 heterocycles. The summed E-state index contributed by atoms with van der Waals surface area (Å²) in [7, 11) is -3.73. The zero-order chi connectivity index (χ0) is 45.8. The number of carbonyl (C=O) groups is 11. The van der Waals surface area contributed by atoms with Gasteiger partial charge in [0.15, 0.2) is 0 Å². The van der Waals surface area contributed by atoms with E-state index >= 15 is 0 Å². The number of carbonyl (C=O) groups excluding carboxylic acids is 8. The van der Waals surface area contributed by atoms with Gasteiger partial charge in [-0.05, 0) is 37.5 Å². The number of carboxylic acid groups (broad SMARTS) is 3. The average molecular weight is 864 g/mol. The first kappa shape index (κ1) is 53.3.